The van der Waals surface area contributed by atoms with E-state index in [0.29, 0.717) is 18.1 Å². The molecule has 0 unspecified atom stereocenters. The highest BCUT2D eigenvalue weighted by Gasteiger charge is 2.10. The minimum atomic E-state index is -0.287. The maximum atomic E-state index is 13.1. The predicted octanol–water partition coefficient (Wildman–Crippen LogP) is 3.48. The summed E-state index contributed by atoms with van der Waals surface area (Å²) in [5.41, 5.74) is 2.25. The lowest BCUT2D eigenvalue weighted by atomic mass is 10.1. The van der Waals surface area contributed by atoms with Gasteiger partial charge in [0.25, 0.3) is 5.89 Å². The molecule has 0 radical (unpaired) electrons. The summed E-state index contributed by atoms with van der Waals surface area (Å²) in [6.07, 6.45) is 0.401. The number of halogens is 1. The number of aryl methyl sites for hydroxylation is 1. The minimum absolute atomic E-state index is 0.221. The Balaban J connectivity index is 1.84. The molecule has 4 nitrogen and oxygen atoms in total. The van der Waals surface area contributed by atoms with Crippen molar-refractivity contribution in [3.05, 3.63) is 65.2 Å². The molecule has 0 aliphatic rings. The standard InChI is InChI=1S/C16H13FN2O2/c1-10-7-12(5-6-14(10)20)16-18-15(19-21-16)9-11-3-2-4-13(17)8-11/h2-8,20H,9H2,1H3. The van der Waals surface area contributed by atoms with Crippen molar-refractivity contribution in [3.63, 3.8) is 0 Å². The Kier molecular flexibility index (Phi) is 3.39. The number of rotatable bonds is 3. The Bertz CT molecular complexity index is 783. The van der Waals surface area contributed by atoms with Gasteiger partial charge in [-0.1, -0.05) is 17.3 Å². The second kappa shape index (κ2) is 5.36. The molecule has 0 aliphatic heterocycles. The summed E-state index contributed by atoms with van der Waals surface area (Å²) < 4.78 is 18.3. The molecule has 1 N–H and O–H groups in total. The van der Waals surface area contributed by atoms with Gasteiger partial charge in [-0.25, -0.2) is 4.39 Å². The van der Waals surface area contributed by atoms with Gasteiger partial charge in [-0.2, -0.15) is 4.98 Å². The van der Waals surface area contributed by atoms with Crippen molar-refractivity contribution in [2.75, 3.05) is 0 Å². The van der Waals surface area contributed by atoms with E-state index in [-0.39, 0.29) is 11.6 Å². The molecule has 1 aromatic heterocycles. The van der Waals surface area contributed by atoms with E-state index in [9.17, 15) is 9.50 Å². The van der Waals surface area contributed by atoms with Gasteiger partial charge in [0.15, 0.2) is 5.82 Å². The molecule has 5 heteroatoms. The number of nitrogens with zero attached hydrogens (tertiary/aromatic N) is 2. The molecule has 21 heavy (non-hydrogen) atoms. The van der Waals surface area contributed by atoms with Crippen LogP contribution in [-0.4, -0.2) is 15.2 Å². The van der Waals surface area contributed by atoms with Gasteiger partial charge in [0.1, 0.15) is 11.6 Å². The summed E-state index contributed by atoms with van der Waals surface area (Å²) in [5.74, 6) is 0.800. The Hall–Kier alpha value is -2.69. The molecule has 3 rings (SSSR count). The lowest BCUT2D eigenvalue weighted by Gasteiger charge is -1.99. The van der Waals surface area contributed by atoms with Gasteiger partial charge in [0.2, 0.25) is 0 Å². The number of phenols is 1. The minimum Gasteiger partial charge on any atom is -0.508 e. The Morgan fingerprint density at radius 2 is 2.05 bits per heavy atom. The van der Waals surface area contributed by atoms with Crippen molar-refractivity contribution in [1.29, 1.82) is 0 Å². The van der Waals surface area contributed by atoms with E-state index in [1.54, 1.807) is 31.2 Å². The largest absolute Gasteiger partial charge is 0.508 e. The quantitative estimate of drug-likeness (QED) is 0.800. The summed E-state index contributed by atoms with van der Waals surface area (Å²) in [4.78, 5) is 4.29. The fraction of sp³-hybridized carbons (Fsp3) is 0.125. The van der Waals surface area contributed by atoms with E-state index >= 15 is 0 Å². The highest BCUT2D eigenvalue weighted by atomic mass is 19.1. The first-order valence-corrected chi connectivity index (χ1v) is 6.49. The summed E-state index contributed by atoms with van der Waals surface area (Å²) in [7, 11) is 0. The topological polar surface area (TPSA) is 59.2 Å². The Morgan fingerprint density at radius 3 is 2.81 bits per heavy atom. The van der Waals surface area contributed by atoms with Crippen molar-refractivity contribution in [3.8, 4) is 17.2 Å². The lowest BCUT2D eigenvalue weighted by molar-refractivity contribution is 0.423. The fourth-order valence-electron chi connectivity index (χ4n) is 2.06. The van der Waals surface area contributed by atoms with Gasteiger partial charge in [0, 0.05) is 12.0 Å². The summed E-state index contributed by atoms with van der Waals surface area (Å²) in [6, 6.07) is 11.4. The average Bonchev–Trinajstić information content (AvgIpc) is 2.90. The monoisotopic (exact) mass is 284 g/mol. The van der Waals surface area contributed by atoms with E-state index in [1.165, 1.54) is 12.1 Å². The molecule has 3 aromatic rings. The van der Waals surface area contributed by atoms with E-state index in [2.05, 4.69) is 10.1 Å². The Morgan fingerprint density at radius 1 is 1.19 bits per heavy atom. The van der Waals surface area contributed by atoms with Gasteiger partial charge in [-0.3, -0.25) is 0 Å². The number of aromatic nitrogens is 2. The maximum Gasteiger partial charge on any atom is 0.257 e. The molecule has 0 saturated heterocycles. The van der Waals surface area contributed by atoms with Gasteiger partial charge in [-0.15, -0.1) is 0 Å². The van der Waals surface area contributed by atoms with Crippen LogP contribution in [-0.2, 0) is 6.42 Å². The molecule has 0 spiro atoms. The average molecular weight is 284 g/mol. The van der Waals surface area contributed by atoms with Crippen molar-refractivity contribution in [2.45, 2.75) is 13.3 Å². The van der Waals surface area contributed by atoms with Crippen molar-refractivity contribution in [1.82, 2.24) is 10.1 Å². The summed E-state index contributed by atoms with van der Waals surface area (Å²) >= 11 is 0. The van der Waals surface area contributed by atoms with Crippen LogP contribution in [0.4, 0.5) is 4.39 Å². The molecule has 1 heterocycles. The van der Waals surface area contributed by atoms with Gasteiger partial charge >= 0.3 is 0 Å². The van der Waals surface area contributed by atoms with Crippen LogP contribution in [0.2, 0.25) is 0 Å². The zero-order valence-corrected chi connectivity index (χ0v) is 11.4. The second-order valence-electron chi connectivity index (χ2n) is 4.82. The van der Waals surface area contributed by atoms with Crippen LogP contribution >= 0.6 is 0 Å². The second-order valence-corrected chi connectivity index (χ2v) is 4.82. The van der Waals surface area contributed by atoms with Crippen LogP contribution in [0.5, 0.6) is 5.75 Å². The molecule has 0 saturated carbocycles. The number of hydrogen-bond donors (Lipinski definition) is 1. The van der Waals surface area contributed by atoms with Crippen LogP contribution in [0.1, 0.15) is 17.0 Å². The third-order valence-corrected chi connectivity index (χ3v) is 3.16. The van der Waals surface area contributed by atoms with Crippen molar-refractivity contribution >= 4 is 0 Å². The van der Waals surface area contributed by atoms with Gasteiger partial charge < -0.3 is 9.63 Å². The van der Waals surface area contributed by atoms with Crippen molar-refractivity contribution in [2.24, 2.45) is 0 Å². The molecule has 0 fully saturated rings. The number of hydrogen-bond acceptors (Lipinski definition) is 4. The zero-order valence-electron chi connectivity index (χ0n) is 11.4. The smallest absolute Gasteiger partial charge is 0.257 e. The predicted molar refractivity (Wildman–Crippen MR) is 75.3 cm³/mol. The molecular weight excluding hydrogens is 271 g/mol. The number of phenolic OH excluding ortho intramolecular Hbond substituents is 1. The Labute approximate surface area is 120 Å². The van der Waals surface area contributed by atoms with E-state index in [0.717, 1.165) is 16.7 Å². The molecule has 0 aliphatic carbocycles. The highest BCUT2D eigenvalue weighted by molar-refractivity contribution is 5.56. The van der Waals surface area contributed by atoms with E-state index in [1.807, 2.05) is 6.07 Å². The number of benzene rings is 2. The third-order valence-electron chi connectivity index (χ3n) is 3.16. The SMILES string of the molecule is Cc1cc(-c2nc(Cc3cccc(F)c3)no2)ccc1O. The maximum absolute atomic E-state index is 13.1. The first kappa shape index (κ1) is 13.3. The molecule has 106 valence electrons. The van der Waals surface area contributed by atoms with E-state index < -0.39 is 0 Å². The first-order valence-electron chi connectivity index (χ1n) is 6.49. The first-order chi connectivity index (χ1) is 10.1. The summed E-state index contributed by atoms with van der Waals surface area (Å²) in [6.45, 7) is 1.79. The highest BCUT2D eigenvalue weighted by Crippen LogP contribution is 2.24. The van der Waals surface area contributed by atoms with Crippen LogP contribution in [0.15, 0.2) is 47.0 Å². The molecular formula is C16H13FN2O2. The molecule has 0 amide bonds. The third kappa shape index (κ3) is 2.91. The van der Waals surface area contributed by atoms with Crippen molar-refractivity contribution < 1.29 is 14.0 Å². The normalized spacial score (nSPS) is 10.8. The van der Waals surface area contributed by atoms with Crippen LogP contribution in [0, 0.1) is 12.7 Å². The molecule has 2 aromatic carbocycles. The van der Waals surface area contributed by atoms with Gasteiger partial charge in [0.05, 0.1) is 0 Å². The number of aromatic hydroxyl groups is 1. The zero-order chi connectivity index (χ0) is 14.8. The molecule has 0 atom stereocenters. The lowest BCUT2D eigenvalue weighted by Crippen LogP contribution is -1.91. The summed E-state index contributed by atoms with van der Waals surface area (Å²) in [5, 5.41) is 13.4. The molecule has 0 bridgehead atoms. The van der Waals surface area contributed by atoms with Gasteiger partial charge in [-0.05, 0) is 48.4 Å². The van der Waals surface area contributed by atoms with Crippen LogP contribution in [0.3, 0.4) is 0 Å². The van der Waals surface area contributed by atoms with E-state index in [4.69, 9.17) is 4.52 Å². The van der Waals surface area contributed by atoms with Crippen LogP contribution in [0.25, 0.3) is 11.5 Å². The van der Waals surface area contributed by atoms with Crippen LogP contribution < -0.4 is 0 Å². The fourth-order valence-corrected chi connectivity index (χ4v) is 2.06.